The van der Waals surface area contributed by atoms with Gasteiger partial charge in [0.2, 0.25) is 0 Å². The van der Waals surface area contributed by atoms with Gasteiger partial charge in [-0.3, -0.25) is 4.79 Å². The molecule has 0 bridgehead atoms. The molecule has 132 valence electrons. The van der Waals surface area contributed by atoms with E-state index in [1.54, 1.807) is 0 Å². The van der Waals surface area contributed by atoms with E-state index in [2.05, 4.69) is 62.3 Å². The van der Waals surface area contributed by atoms with Gasteiger partial charge >= 0.3 is 5.97 Å². The minimum absolute atomic E-state index is 0.0154. The molecule has 0 aromatic heterocycles. The molecule has 0 heterocycles. The number of hydrogen-bond acceptors (Lipinski definition) is 2. The zero-order valence-corrected chi connectivity index (χ0v) is 16.6. The molecule has 0 radical (unpaired) electrons. The Morgan fingerprint density at radius 1 is 0.955 bits per heavy atom. The van der Waals surface area contributed by atoms with Crippen molar-refractivity contribution in [2.75, 3.05) is 0 Å². The van der Waals surface area contributed by atoms with E-state index in [0.717, 1.165) is 32.1 Å². The van der Waals surface area contributed by atoms with Crippen molar-refractivity contribution in [1.29, 1.82) is 0 Å². The van der Waals surface area contributed by atoms with Gasteiger partial charge in [-0.1, -0.05) is 54.4 Å². The Balaban J connectivity index is 5.17. The van der Waals surface area contributed by atoms with Gasteiger partial charge < -0.3 is 4.74 Å². The maximum atomic E-state index is 12.9. The highest BCUT2D eigenvalue weighted by Crippen LogP contribution is 2.39. The van der Waals surface area contributed by atoms with Crippen LogP contribution in [0.2, 0.25) is 0 Å². The van der Waals surface area contributed by atoms with Gasteiger partial charge in [-0.2, -0.15) is 0 Å². The van der Waals surface area contributed by atoms with Crippen molar-refractivity contribution in [3.05, 3.63) is 0 Å². The van der Waals surface area contributed by atoms with Crippen molar-refractivity contribution in [3.8, 4) is 0 Å². The summed E-state index contributed by atoms with van der Waals surface area (Å²) in [5, 5.41) is 0. The molecule has 0 amide bonds. The lowest BCUT2D eigenvalue weighted by atomic mass is 9.73. The molecule has 0 N–H and O–H groups in total. The largest absolute Gasteiger partial charge is 0.459 e. The second kappa shape index (κ2) is 8.93. The molecule has 0 rings (SSSR count). The van der Waals surface area contributed by atoms with Crippen LogP contribution in [0.3, 0.4) is 0 Å². The van der Waals surface area contributed by atoms with E-state index < -0.39 is 5.41 Å². The first-order valence-corrected chi connectivity index (χ1v) is 9.24. The fourth-order valence-electron chi connectivity index (χ4n) is 3.38. The second-order valence-electron chi connectivity index (χ2n) is 8.44. The number of ether oxygens (including phenoxy) is 1. The topological polar surface area (TPSA) is 26.3 Å². The predicted octanol–water partition coefficient (Wildman–Crippen LogP) is 6.23. The highest BCUT2D eigenvalue weighted by Gasteiger charge is 2.42. The van der Waals surface area contributed by atoms with Crippen LogP contribution in [0.4, 0.5) is 0 Å². The lowest BCUT2D eigenvalue weighted by Crippen LogP contribution is -2.44. The van der Waals surface area contributed by atoms with E-state index in [0.29, 0.717) is 11.8 Å². The third-order valence-corrected chi connectivity index (χ3v) is 5.19. The number of rotatable bonds is 10. The van der Waals surface area contributed by atoms with E-state index in [9.17, 15) is 4.79 Å². The van der Waals surface area contributed by atoms with Crippen molar-refractivity contribution >= 4 is 5.97 Å². The molecule has 0 spiro atoms. The number of esters is 1. The lowest BCUT2D eigenvalue weighted by molar-refractivity contribution is -0.178. The summed E-state index contributed by atoms with van der Waals surface area (Å²) in [5.74, 6) is 1.21. The molecule has 0 saturated carbocycles. The molecular formula is C20H40O2. The molecule has 1 unspecified atom stereocenters. The van der Waals surface area contributed by atoms with Crippen LogP contribution < -0.4 is 0 Å². The molecule has 0 aliphatic heterocycles. The highest BCUT2D eigenvalue weighted by molar-refractivity contribution is 5.77. The summed E-state index contributed by atoms with van der Waals surface area (Å²) in [7, 11) is 0. The van der Waals surface area contributed by atoms with Crippen LogP contribution in [0.1, 0.15) is 94.4 Å². The molecule has 1 atom stereocenters. The zero-order chi connectivity index (χ0) is 17.6. The van der Waals surface area contributed by atoms with E-state index in [4.69, 9.17) is 4.74 Å². The molecule has 2 nitrogen and oxygen atoms in total. The fourth-order valence-corrected chi connectivity index (χ4v) is 3.38. The zero-order valence-electron chi connectivity index (χ0n) is 16.6. The predicted molar refractivity (Wildman–Crippen MR) is 95.9 cm³/mol. The third-order valence-electron chi connectivity index (χ3n) is 5.19. The summed E-state index contributed by atoms with van der Waals surface area (Å²) in [4.78, 5) is 12.9. The molecule has 2 heteroatoms. The average Bonchev–Trinajstić information content (AvgIpc) is 2.36. The normalized spacial score (nSPS) is 15.5. The van der Waals surface area contributed by atoms with Gasteiger partial charge in [-0.15, -0.1) is 0 Å². The van der Waals surface area contributed by atoms with Crippen LogP contribution in [0.15, 0.2) is 0 Å². The Hall–Kier alpha value is -0.530. The van der Waals surface area contributed by atoms with E-state index in [-0.39, 0.29) is 17.5 Å². The van der Waals surface area contributed by atoms with Crippen molar-refractivity contribution in [2.24, 2.45) is 23.2 Å². The van der Waals surface area contributed by atoms with Gasteiger partial charge in [0, 0.05) is 0 Å². The second-order valence-corrected chi connectivity index (χ2v) is 8.44. The number of carbonyl (C=O) groups excluding carboxylic acids is 1. The Morgan fingerprint density at radius 3 is 1.73 bits per heavy atom. The van der Waals surface area contributed by atoms with Gasteiger partial charge in [0.15, 0.2) is 0 Å². The first-order chi connectivity index (χ1) is 10.0. The van der Waals surface area contributed by atoms with Gasteiger partial charge in [0.05, 0.1) is 5.41 Å². The summed E-state index contributed by atoms with van der Waals surface area (Å²) in [6.45, 7) is 19.3. The monoisotopic (exact) mass is 312 g/mol. The quantitative estimate of drug-likeness (QED) is 0.447. The molecule has 0 aromatic rings. The van der Waals surface area contributed by atoms with Crippen LogP contribution in [0.5, 0.6) is 0 Å². The molecule has 0 aliphatic carbocycles. The van der Waals surface area contributed by atoms with Crippen LogP contribution in [-0.4, -0.2) is 11.6 Å². The van der Waals surface area contributed by atoms with Crippen molar-refractivity contribution in [1.82, 2.24) is 0 Å². The minimum Gasteiger partial charge on any atom is -0.459 e. The molecular weight excluding hydrogens is 272 g/mol. The first-order valence-electron chi connectivity index (χ1n) is 9.24. The Bertz CT molecular complexity index is 325. The van der Waals surface area contributed by atoms with Crippen LogP contribution in [-0.2, 0) is 9.53 Å². The van der Waals surface area contributed by atoms with Gasteiger partial charge in [0.25, 0.3) is 0 Å². The lowest BCUT2D eigenvalue weighted by Gasteiger charge is -2.40. The van der Waals surface area contributed by atoms with E-state index >= 15 is 0 Å². The molecule has 0 aliphatic rings. The number of carbonyl (C=O) groups is 1. The van der Waals surface area contributed by atoms with Crippen LogP contribution in [0, 0.1) is 23.2 Å². The van der Waals surface area contributed by atoms with Gasteiger partial charge in [-0.25, -0.2) is 0 Å². The third kappa shape index (κ3) is 5.93. The van der Waals surface area contributed by atoms with Crippen LogP contribution in [0.25, 0.3) is 0 Å². The Morgan fingerprint density at radius 2 is 1.41 bits per heavy atom. The molecule has 0 fully saturated rings. The summed E-state index contributed by atoms with van der Waals surface area (Å²) in [6.07, 6.45) is 5.40. The summed E-state index contributed by atoms with van der Waals surface area (Å²) in [6, 6.07) is 0. The average molecular weight is 313 g/mol. The maximum absolute atomic E-state index is 12.9. The Kier molecular flexibility index (Phi) is 8.72. The first kappa shape index (κ1) is 21.5. The van der Waals surface area contributed by atoms with Crippen LogP contribution >= 0.6 is 0 Å². The van der Waals surface area contributed by atoms with Gasteiger partial charge in [-0.05, 0) is 57.8 Å². The summed E-state index contributed by atoms with van der Waals surface area (Å²) < 4.78 is 6.09. The maximum Gasteiger partial charge on any atom is 0.312 e. The van der Waals surface area contributed by atoms with E-state index in [1.807, 2.05) is 0 Å². The molecule has 0 saturated heterocycles. The SMILES string of the molecule is CCCC(CCC)C(C)(C)OC(=O)C(C)(CC(C)C)C(C)C. The Labute approximate surface area is 139 Å². The van der Waals surface area contributed by atoms with Gasteiger partial charge in [0.1, 0.15) is 5.60 Å². The minimum atomic E-state index is -0.394. The van der Waals surface area contributed by atoms with Crippen molar-refractivity contribution < 1.29 is 9.53 Å². The summed E-state index contributed by atoms with van der Waals surface area (Å²) in [5.41, 5.74) is -0.773. The smallest absolute Gasteiger partial charge is 0.312 e. The standard InChI is InChI=1S/C20H40O2/c1-10-12-17(13-11-2)19(7,8)22-18(21)20(9,16(5)6)14-15(3)4/h15-17H,10-14H2,1-9H3. The van der Waals surface area contributed by atoms with Crippen molar-refractivity contribution in [2.45, 2.75) is 100 Å². The summed E-state index contributed by atoms with van der Waals surface area (Å²) >= 11 is 0. The number of hydrogen-bond donors (Lipinski definition) is 0. The fraction of sp³-hybridized carbons (Fsp3) is 0.950. The molecule has 0 aromatic carbocycles. The molecule has 22 heavy (non-hydrogen) atoms. The highest BCUT2D eigenvalue weighted by atomic mass is 16.6. The van der Waals surface area contributed by atoms with E-state index in [1.165, 1.54) is 0 Å². The van der Waals surface area contributed by atoms with Crippen molar-refractivity contribution in [3.63, 3.8) is 0 Å².